The summed E-state index contributed by atoms with van der Waals surface area (Å²) in [4.78, 5) is 27.3. The van der Waals surface area contributed by atoms with Gasteiger partial charge in [-0.2, -0.15) is 0 Å². The first kappa shape index (κ1) is 17.2. The summed E-state index contributed by atoms with van der Waals surface area (Å²) < 4.78 is 0. The second kappa shape index (κ2) is 8.42. The Morgan fingerprint density at radius 2 is 1.67 bits per heavy atom. The summed E-state index contributed by atoms with van der Waals surface area (Å²) in [6.45, 7) is 6.00. The molecule has 0 spiro atoms. The number of benzene rings is 1. The van der Waals surface area contributed by atoms with Crippen molar-refractivity contribution in [1.29, 1.82) is 0 Å². The fraction of sp³-hybridized carbons (Fsp3) is 0.500. The zero-order chi connectivity index (χ0) is 15.8. The lowest BCUT2D eigenvalue weighted by Gasteiger charge is -2.23. The van der Waals surface area contributed by atoms with E-state index in [0.717, 1.165) is 12.1 Å². The number of carbonyl (C=O) groups is 2. The lowest BCUT2D eigenvalue weighted by molar-refractivity contribution is -0.128. The quantitative estimate of drug-likeness (QED) is 0.819. The number of rotatable bonds is 7. The summed E-state index contributed by atoms with van der Waals surface area (Å²) in [5.41, 5.74) is 1.77. The van der Waals surface area contributed by atoms with Crippen molar-refractivity contribution in [2.24, 2.45) is 0 Å². The minimum atomic E-state index is -0.105. The normalized spacial score (nSPS) is 10.5. The number of amides is 2. The van der Waals surface area contributed by atoms with E-state index in [1.54, 1.807) is 24.0 Å². The minimum absolute atomic E-state index is 0.0291. The highest BCUT2D eigenvalue weighted by Crippen LogP contribution is 2.02. The third-order valence-electron chi connectivity index (χ3n) is 3.24. The summed E-state index contributed by atoms with van der Waals surface area (Å²) in [6, 6.07) is 7.43. The van der Waals surface area contributed by atoms with Gasteiger partial charge in [-0.3, -0.25) is 9.59 Å². The van der Waals surface area contributed by atoms with Crippen LogP contribution in [-0.4, -0.2) is 61.9 Å². The van der Waals surface area contributed by atoms with Crippen molar-refractivity contribution in [3.8, 4) is 0 Å². The molecule has 0 saturated heterocycles. The average Bonchev–Trinajstić information content (AvgIpc) is 2.42. The first-order valence-electron chi connectivity index (χ1n) is 7.15. The van der Waals surface area contributed by atoms with Gasteiger partial charge in [-0.1, -0.05) is 17.7 Å². The molecule has 116 valence electrons. The predicted molar refractivity (Wildman–Crippen MR) is 84.3 cm³/mol. The smallest absolute Gasteiger partial charge is 0.251 e. The number of nitrogens with zero attached hydrogens (tertiary/aromatic N) is 2. The molecule has 2 amide bonds. The zero-order valence-corrected chi connectivity index (χ0v) is 13.3. The van der Waals surface area contributed by atoms with Gasteiger partial charge in [0, 0.05) is 38.7 Å². The van der Waals surface area contributed by atoms with Crippen LogP contribution < -0.4 is 5.32 Å². The van der Waals surface area contributed by atoms with Crippen molar-refractivity contribution < 1.29 is 9.59 Å². The fourth-order valence-electron chi connectivity index (χ4n) is 1.86. The van der Waals surface area contributed by atoms with Crippen molar-refractivity contribution in [3.05, 3.63) is 35.4 Å². The summed E-state index contributed by atoms with van der Waals surface area (Å²) in [7, 11) is 3.94. The molecule has 5 nitrogen and oxygen atoms in total. The Morgan fingerprint density at radius 3 is 2.19 bits per heavy atom. The van der Waals surface area contributed by atoms with Crippen molar-refractivity contribution in [1.82, 2.24) is 15.1 Å². The van der Waals surface area contributed by atoms with E-state index in [1.165, 1.54) is 0 Å². The van der Waals surface area contributed by atoms with Gasteiger partial charge in [0.2, 0.25) is 5.91 Å². The number of hydrogen-bond donors (Lipinski definition) is 1. The molecule has 0 aromatic heterocycles. The number of likely N-dealkylation sites (N-methyl/N-ethyl adjacent to an activating group) is 1. The zero-order valence-electron chi connectivity index (χ0n) is 13.3. The number of nitrogens with one attached hydrogen (secondary N) is 1. The van der Waals surface area contributed by atoms with Crippen LogP contribution in [0, 0.1) is 6.92 Å². The van der Waals surface area contributed by atoms with Gasteiger partial charge in [-0.15, -0.1) is 0 Å². The van der Waals surface area contributed by atoms with Crippen LogP contribution in [-0.2, 0) is 4.79 Å². The third-order valence-corrected chi connectivity index (χ3v) is 3.24. The summed E-state index contributed by atoms with van der Waals surface area (Å²) in [6.07, 6.45) is 0. The van der Waals surface area contributed by atoms with Gasteiger partial charge in [0.25, 0.3) is 5.91 Å². The van der Waals surface area contributed by atoms with Crippen molar-refractivity contribution in [2.75, 3.05) is 40.3 Å². The van der Waals surface area contributed by atoms with E-state index in [4.69, 9.17) is 0 Å². The van der Waals surface area contributed by atoms with Crippen LogP contribution in [0.1, 0.15) is 22.8 Å². The van der Waals surface area contributed by atoms with E-state index >= 15 is 0 Å². The summed E-state index contributed by atoms with van der Waals surface area (Å²) in [5, 5.41) is 2.84. The molecule has 5 heteroatoms. The van der Waals surface area contributed by atoms with E-state index in [1.807, 2.05) is 38.1 Å². The Kier molecular flexibility index (Phi) is 6.88. The van der Waals surface area contributed by atoms with Gasteiger partial charge in [0.05, 0.1) is 0 Å². The van der Waals surface area contributed by atoms with Gasteiger partial charge in [-0.25, -0.2) is 0 Å². The molecule has 1 aromatic carbocycles. The predicted octanol–water partition coefficient (Wildman–Crippen LogP) is 1.13. The Labute approximate surface area is 126 Å². The molecule has 1 N–H and O–H groups in total. The molecule has 1 aromatic rings. The van der Waals surface area contributed by atoms with Crippen LogP contribution >= 0.6 is 0 Å². The monoisotopic (exact) mass is 291 g/mol. The van der Waals surface area contributed by atoms with Gasteiger partial charge < -0.3 is 15.1 Å². The van der Waals surface area contributed by atoms with Crippen LogP contribution in [0.15, 0.2) is 24.3 Å². The van der Waals surface area contributed by atoms with Crippen molar-refractivity contribution in [3.63, 3.8) is 0 Å². The topological polar surface area (TPSA) is 52.7 Å². The number of carbonyl (C=O) groups excluding carboxylic acids is 2. The van der Waals surface area contributed by atoms with E-state index in [-0.39, 0.29) is 11.8 Å². The van der Waals surface area contributed by atoms with Gasteiger partial charge >= 0.3 is 0 Å². The highest BCUT2D eigenvalue weighted by atomic mass is 16.2. The minimum Gasteiger partial charge on any atom is -0.350 e. The average molecular weight is 291 g/mol. The lowest BCUT2D eigenvalue weighted by atomic mass is 10.1. The Balaban J connectivity index is 2.41. The number of hydrogen-bond acceptors (Lipinski definition) is 3. The van der Waals surface area contributed by atoms with E-state index < -0.39 is 0 Å². The van der Waals surface area contributed by atoms with E-state index in [2.05, 4.69) is 5.32 Å². The van der Waals surface area contributed by atoms with Crippen LogP contribution in [0.4, 0.5) is 0 Å². The Hall–Kier alpha value is -1.88. The SMILES string of the molecule is CC(=O)N(CCNC(=O)c1ccc(C)cc1)CCN(C)C. The maximum atomic E-state index is 12.0. The second-order valence-corrected chi connectivity index (χ2v) is 5.43. The van der Waals surface area contributed by atoms with E-state index in [9.17, 15) is 9.59 Å². The molecule has 0 radical (unpaired) electrons. The molecule has 0 saturated carbocycles. The Bertz CT molecular complexity index is 469. The highest BCUT2D eigenvalue weighted by Gasteiger charge is 2.10. The standard InChI is InChI=1S/C16H25N3O2/c1-13-5-7-15(8-6-13)16(21)17-9-10-19(14(2)20)12-11-18(3)4/h5-8H,9-12H2,1-4H3,(H,17,21). The Morgan fingerprint density at radius 1 is 1.05 bits per heavy atom. The molecule has 0 unspecified atom stereocenters. The highest BCUT2D eigenvalue weighted by molar-refractivity contribution is 5.94. The largest absolute Gasteiger partial charge is 0.350 e. The molecule has 21 heavy (non-hydrogen) atoms. The van der Waals surface area contributed by atoms with Crippen LogP contribution in [0.5, 0.6) is 0 Å². The molecular formula is C16H25N3O2. The van der Waals surface area contributed by atoms with Crippen molar-refractivity contribution in [2.45, 2.75) is 13.8 Å². The molecule has 0 fully saturated rings. The van der Waals surface area contributed by atoms with Gasteiger partial charge in [0.15, 0.2) is 0 Å². The molecule has 0 heterocycles. The molecule has 0 bridgehead atoms. The van der Waals surface area contributed by atoms with Crippen LogP contribution in [0.2, 0.25) is 0 Å². The fourth-order valence-corrected chi connectivity index (χ4v) is 1.86. The number of aryl methyl sites for hydroxylation is 1. The first-order chi connectivity index (χ1) is 9.90. The van der Waals surface area contributed by atoms with Crippen molar-refractivity contribution >= 4 is 11.8 Å². The second-order valence-electron chi connectivity index (χ2n) is 5.43. The maximum absolute atomic E-state index is 12.0. The van der Waals surface area contributed by atoms with Gasteiger partial charge in [-0.05, 0) is 33.2 Å². The third kappa shape index (κ3) is 6.40. The van der Waals surface area contributed by atoms with E-state index in [0.29, 0.717) is 25.2 Å². The lowest BCUT2D eigenvalue weighted by Crippen LogP contribution is -2.40. The summed E-state index contributed by atoms with van der Waals surface area (Å²) in [5.74, 6) is -0.0763. The molecule has 1 rings (SSSR count). The maximum Gasteiger partial charge on any atom is 0.251 e. The van der Waals surface area contributed by atoms with Crippen LogP contribution in [0.25, 0.3) is 0 Å². The molecule has 0 atom stereocenters. The molecule has 0 aliphatic rings. The molecular weight excluding hydrogens is 266 g/mol. The summed E-state index contributed by atoms with van der Waals surface area (Å²) >= 11 is 0. The molecule has 0 aliphatic heterocycles. The van der Waals surface area contributed by atoms with Crippen LogP contribution in [0.3, 0.4) is 0 Å². The first-order valence-corrected chi connectivity index (χ1v) is 7.15. The van der Waals surface area contributed by atoms with Gasteiger partial charge in [0.1, 0.15) is 0 Å². The molecule has 0 aliphatic carbocycles.